The molecule has 2 aromatic rings. The van der Waals surface area contributed by atoms with E-state index >= 15 is 0 Å². The molecule has 27 heavy (non-hydrogen) atoms. The normalized spacial score (nSPS) is 19.1. The van der Waals surface area contributed by atoms with E-state index in [9.17, 15) is 9.59 Å². The number of amides is 2. The summed E-state index contributed by atoms with van der Waals surface area (Å²) in [4.78, 5) is 29.4. The van der Waals surface area contributed by atoms with Crippen molar-refractivity contribution >= 4 is 73.0 Å². The van der Waals surface area contributed by atoms with Crippen molar-refractivity contribution in [2.45, 2.75) is 0 Å². The molecule has 0 bridgehead atoms. The van der Waals surface area contributed by atoms with Crippen LogP contribution in [-0.2, 0) is 9.59 Å². The number of carbonyl (C=O) groups is 2. The SMILES string of the molecule is COc1ccc(N2C(=O)C(=C3C(=O)N(C)c4ccc(Br)cc43)SC2=S)cc1. The molecular weight excluding hydrogens is 448 g/mol. The van der Waals surface area contributed by atoms with Gasteiger partial charge in [0.05, 0.1) is 29.0 Å². The first-order chi connectivity index (χ1) is 12.9. The van der Waals surface area contributed by atoms with Gasteiger partial charge in [0.2, 0.25) is 0 Å². The van der Waals surface area contributed by atoms with Crippen molar-refractivity contribution in [2.75, 3.05) is 24.0 Å². The maximum Gasteiger partial charge on any atom is 0.271 e. The highest BCUT2D eigenvalue weighted by Gasteiger charge is 2.41. The zero-order chi connectivity index (χ0) is 19.3. The van der Waals surface area contributed by atoms with Crippen molar-refractivity contribution in [3.05, 3.63) is 57.4 Å². The van der Waals surface area contributed by atoms with Gasteiger partial charge in [-0.25, -0.2) is 0 Å². The largest absolute Gasteiger partial charge is 0.497 e. The second-order valence-electron chi connectivity index (χ2n) is 5.94. The first-order valence-electron chi connectivity index (χ1n) is 7.95. The van der Waals surface area contributed by atoms with Gasteiger partial charge in [0.25, 0.3) is 11.8 Å². The summed E-state index contributed by atoms with van der Waals surface area (Å²) in [6, 6.07) is 12.6. The first kappa shape index (κ1) is 18.2. The van der Waals surface area contributed by atoms with Gasteiger partial charge in [-0.05, 0) is 42.5 Å². The Morgan fingerprint density at radius 3 is 2.44 bits per heavy atom. The Morgan fingerprint density at radius 2 is 1.78 bits per heavy atom. The number of hydrogen-bond acceptors (Lipinski definition) is 5. The molecule has 4 rings (SSSR count). The predicted octanol–water partition coefficient (Wildman–Crippen LogP) is 4.21. The summed E-state index contributed by atoms with van der Waals surface area (Å²) in [7, 11) is 3.28. The number of thiocarbonyl (C=S) groups is 1. The lowest BCUT2D eigenvalue weighted by atomic mass is 10.1. The van der Waals surface area contributed by atoms with Crippen LogP contribution in [0.1, 0.15) is 5.56 Å². The number of carbonyl (C=O) groups excluding carboxylic acids is 2. The third-order valence-corrected chi connectivity index (χ3v) is 6.30. The van der Waals surface area contributed by atoms with E-state index in [0.717, 1.165) is 27.5 Å². The minimum absolute atomic E-state index is 0.210. The highest BCUT2D eigenvalue weighted by molar-refractivity contribution is 9.10. The van der Waals surface area contributed by atoms with Gasteiger partial charge in [0, 0.05) is 17.1 Å². The highest BCUT2D eigenvalue weighted by Crippen LogP contribution is 2.45. The molecule has 0 aromatic heterocycles. The molecule has 1 fully saturated rings. The van der Waals surface area contributed by atoms with Crippen LogP contribution in [0.3, 0.4) is 0 Å². The molecule has 2 aliphatic heterocycles. The monoisotopic (exact) mass is 460 g/mol. The molecule has 0 spiro atoms. The second kappa shape index (κ2) is 6.78. The molecule has 0 N–H and O–H groups in total. The van der Waals surface area contributed by atoms with E-state index in [0.29, 0.717) is 26.2 Å². The summed E-state index contributed by atoms with van der Waals surface area (Å²) in [5.41, 5.74) is 2.53. The molecule has 5 nitrogen and oxygen atoms in total. The number of likely N-dealkylation sites (N-methyl/N-ethyl adjacent to an activating group) is 1. The fourth-order valence-electron chi connectivity index (χ4n) is 3.09. The number of hydrogen-bond donors (Lipinski definition) is 0. The minimum atomic E-state index is -0.292. The van der Waals surface area contributed by atoms with Crippen LogP contribution in [-0.4, -0.2) is 30.3 Å². The van der Waals surface area contributed by atoms with Crippen molar-refractivity contribution in [3.63, 3.8) is 0 Å². The zero-order valence-electron chi connectivity index (χ0n) is 14.4. The predicted molar refractivity (Wildman–Crippen MR) is 115 cm³/mol. The molecule has 0 saturated carbocycles. The Hall–Kier alpha value is -2.16. The number of halogens is 1. The first-order valence-corrected chi connectivity index (χ1v) is 9.96. The smallest absolute Gasteiger partial charge is 0.271 e. The van der Waals surface area contributed by atoms with E-state index in [4.69, 9.17) is 17.0 Å². The topological polar surface area (TPSA) is 49.9 Å². The van der Waals surface area contributed by atoms with Crippen LogP contribution < -0.4 is 14.5 Å². The van der Waals surface area contributed by atoms with Crippen LogP contribution in [0.4, 0.5) is 11.4 Å². The third-order valence-electron chi connectivity index (χ3n) is 4.43. The summed E-state index contributed by atoms with van der Waals surface area (Å²) >= 11 is 10.0. The Bertz CT molecular complexity index is 1030. The average Bonchev–Trinajstić information content (AvgIpc) is 3.08. The Balaban J connectivity index is 1.81. The number of fused-ring (bicyclic) bond motifs is 1. The minimum Gasteiger partial charge on any atom is -0.497 e. The molecular formula is C19H13BrN2O3S2. The van der Waals surface area contributed by atoms with Crippen LogP contribution in [0.25, 0.3) is 5.57 Å². The second-order valence-corrected chi connectivity index (χ2v) is 8.50. The Kier molecular flexibility index (Phi) is 4.57. The van der Waals surface area contributed by atoms with Crippen LogP contribution in [0.5, 0.6) is 5.75 Å². The van der Waals surface area contributed by atoms with Crippen LogP contribution in [0.15, 0.2) is 51.8 Å². The molecule has 0 radical (unpaired) electrons. The third kappa shape index (κ3) is 2.88. The number of ether oxygens (including phenoxy) is 1. The lowest BCUT2D eigenvalue weighted by molar-refractivity contribution is -0.115. The Morgan fingerprint density at radius 1 is 1.07 bits per heavy atom. The van der Waals surface area contributed by atoms with Crippen molar-refractivity contribution < 1.29 is 14.3 Å². The molecule has 2 amide bonds. The molecule has 2 aliphatic rings. The van der Waals surface area contributed by atoms with Crippen molar-refractivity contribution in [2.24, 2.45) is 0 Å². The van der Waals surface area contributed by atoms with Crippen molar-refractivity contribution in [3.8, 4) is 5.75 Å². The summed E-state index contributed by atoms with van der Waals surface area (Å²) in [5, 5.41) is 0. The summed E-state index contributed by atoms with van der Waals surface area (Å²) in [6.45, 7) is 0. The van der Waals surface area contributed by atoms with E-state index in [1.807, 2.05) is 18.2 Å². The highest BCUT2D eigenvalue weighted by atomic mass is 79.9. The van der Waals surface area contributed by atoms with Gasteiger partial charge >= 0.3 is 0 Å². The van der Waals surface area contributed by atoms with E-state index in [1.54, 1.807) is 43.3 Å². The fraction of sp³-hybridized carbons (Fsp3) is 0.105. The molecule has 0 unspecified atom stereocenters. The van der Waals surface area contributed by atoms with Gasteiger partial charge in [-0.15, -0.1) is 0 Å². The number of rotatable bonds is 2. The zero-order valence-corrected chi connectivity index (χ0v) is 17.6. The van der Waals surface area contributed by atoms with Crippen LogP contribution in [0.2, 0.25) is 0 Å². The summed E-state index contributed by atoms with van der Waals surface area (Å²) in [6.07, 6.45) is 0. The van der Waals surface area contributed by atoms with Gasteiger partial charge in [-0.1, -0.05) is 39.9 Å². The maximum absolute atomic E-state index is 13.2. The van der Waals surface area contributed by atoms with Gasteiger partial charge in [0.15, 0.2) is 4.32 Å². The fourth-order valence-corrected chi connectivity index (χ4v) is 4.82. The van der Waals surface area contributed by atoms with Crippen LogP contribution in [0, 0.1) is 0 Å². The quantitative estimate of drug-likeness (QED) is 0.496. The lowest BCUT2D eigenvalue weighted by Crippen LogP contribution is -2.28. The van der Waals surface area contributed by atoms with Crippen molar-refractivity contribution in [1.29, 1.82) is 0 Å². The molecule has 1 saturated heterocycles. The van der Waals surface area contributed by atoms with Crippen molar-refractivity contribution in [1.82, 2.24) is 0 Å². The van der Waals surface area contributed by atoms with E-state index in [1.165, 1.54) is 4.90 Å². The average molecular weight is 461 g/mol. The van der Waals surface area contributed by atoms with Gasteiger partial charge in [-0.2, -0.15) is 0 Å². The van der Waals surface area contributed by atoms with Gasteiger partial charge in [-0.3, -0.25) is 14.5 Å². The summed E-state index contributed by atoms with van der Waals surface area (Å²) in [5.74, 6) is 0.187. The number of thioether (sulfide) groups is 1. The lowest BCUT2D eigenvalue weighted by Gasteiger charge is -2.15. The number of benzene rings is 2. The van der Waals surface area contributed by atoms with E-state index in [-0.39, 0.29) is 11.8 Å². The standard InChI is InChI=1S/C19H13BrN2O3S2/c1-21-14-8-3-10(20)9-13(14)15(17(21)23)16-18(24)22(19(26)27-16)11-4-6-12(25-2)7-5-11/h3-9H,1-2H3. The van der Waals surface area contributed by atoms with E-state index < -0.39 is 0 Å². The molecule has 136 valence electrons. The molecule has 0 aliphatic carbocycles. The van der Waals surface area contributed by atoms with E-state index in [2.05, 4.69) is 15.9 Å². The maximum atomic E-state index is 13.2. The molecule has 0 atom stereocenters. The van der Waals surface area contributed by atoms with Gasteiger partial charge in [0.1, 0.15) is 5.75 Å². The van der Waals surface area contributed by atoms with Gasteiger partial charge < -0.3 is 9.64 Å². The summed E-state index contributed by atoms with van der Waals surface area (Å²) < 4.78 is 6.39. The van der Waals surface area contributed by atoms with Crippen LogP contribution >= 0.6 is 39.9 Å². The number of anilines is 2. The molecule has 8 heteroatoms. The number of nitrogens with zero attached hydrogens (tertiary/aromatic N) is 2. The molecule has 2 heterocycles. The molecule has 2 aromatic carbocycles. The Labute approximate surface area is 174 Å². The number of methoxy groups -OCH3 is 1.